The Labute approximate surface area is 432 Å². The summed E-state index contributed by atoms with van der Waals surface area (Å²) in [5, 5.41) is 20.7. The van der Waals surface area contributed by atoms with Crippen LogP contribution in [0.5, 0.6) is 0 Å². The molecule has 0 radical (unpaired) electrons. The van der Waals surface area contributed by atoms with E-state index in [0.717, 1.165) is 65.0 Å². The lowest BCUT2D eigenvalue weighted by Gasteiger charge is -2.26. The van der Waals surface area contributed by atoms with E-state index in [1.165, 1.54) is 257 Å². The summed E-state index contributed by atoms with van der Waals surface area (Å²) in [6.45, 7) is 16.4. The average Bonchev–Trinajstić information content (AvgIpc) is 3.34. The molecule has 412 valence electrons. The molecule has 8 heteroatoms. The second kappa shape index (κ2) is 57.7. The van der Waals surface area contributed by atoms with E-state index < -0.39 is 6.10 Å². The van der Waals surface area contributed by atoms with E-state index >= 15 is 0 Å². The first-order valence-electron chi connectivity index (χ1n) is 31.3. The molecule has 0 saturated carbocycles. The van der Waals surface area contributed by atoms with E-state index in [1.54, 1.807) is 0 Å². The van der Waals surface area contributed by atoms with Crippen molar-refractivity contribution >= 4 is 11.8 Å². The van der Waals surface area contributed by atoms with Gasteiger partial charge in [-0.3, -0.25) is 14.5 Å². The van der Waals surface area contributed by atoms with Gasteiger partial charge in [-0.05, 0) is 64.7 Å². The molecule has 69 heavy (non-hydrogen) atoms. The Morgan fingerprint density at radius 2 is 0.609 bits per heavy atom. The molecule has 0 saturated heterocycles. The number of nitrogens with zero attached hydrogens (tertiary/aromatic N) is 2. The number of unbranched alkanes of at least 4 members (excludes halogenated alkanes) is 39. The number of carbonyl (C=O) groups excluding carboxylic acids is 2. The van der Waals surface area contributed by atoms with Gasteiger partial charge in [0.25, 0.3) is 0 Å². The van der Waals surface area contributed by atoms with E-state index in [0.29, 0.717) is 19.6 Å². The van der Waals surface area contributed by atoms with Crippen LogP contribution in [0.4, 0.5) is 0 Å². The number of aliphatic hydroxyl groups excluding tert-OH is 1. The van der Waals surface area contributed by atoms with E-state index in [4.69, 9.17) is 0 Å². The Hall–Kier alpha value is -1.22. The van der Waals surface area contributed by atoms with Crippen LogP contribution in [0, 0.1) is 0 Å². The maximum absolute atomic E-state index is 13.2. The SMILES string of the molecule is CCCCCCCCCCCCCCN(CCCCN(CCCCCCCCCCCCCC)CC(O)CNCC(=O)NCCCCCCCCCCCC)CC(=O)NCCCCCCCCCC. The largest absolute Gasteiger partial charge is 0.390 e. The fourth-order valence-electron chi connectivity index (χ4n) is 9.95. The van der Waals surface area contributed by atoms with Crippen molar-refractivity contribution in [2.45, 2.75) is 316 Å². The zero-order valence-electron chi connectivity index (χ0n) is 47.4. The molecule has 1 unspecified atom stereocenters. The molecule has 0 bridgehead atoms. The van der Waals surface area contributed by atoms with Crippen LogP contribution >= 0.6 is 0 Å². The second-order valence-corrected chi connectivity index (χ2v) is 21.7. The molecule has 0 fully saturated rings. The van der Waals surface area contributed by atoms with Crippen LogP contribution in [0.3, 0.4) is 0 Å². The lowest BCUT2D eigenvalue weighted by molar-refractivity contribution is -0.122. The monoisotopic (exact) mass is 976 g/mol. The molecule has 0 aromatic heterocycles. The summed E-state index contributed by atoms with van der Waals surface area (Å²) in [6, 6.07) is 0. The first-order valence-corrected chi connectivity index (χ1v) is 31.3. The van der Waals surface area contributed by atoms with Gasteiger partial charge in [-0.25, -0.2) is 0 Å². The van der Waals surface area contributed by atoms with Gasteiger partial charge >= 0.3 is 0 Å². The van der Waals surface area contributed by atoms with E-state index in [2.05, 4.69) is 53.4 Å². The summed E-state index contributed by atoms with van der Waals surface area (Å²) in [6.07, 6.45) is 57.1. The standard InChI is InChI=1S/C61H125N5O3/c1-5-9-13-17-21-25-28-30-33-37-41-45-51-65(57-59(67)55-62-56-60(68)63-49-43-39-36-32-27-23-19-15-11-7-3)53-47-48-54-66(52-46-42-38-34-31-29-26-22-18-14-10-6-2)58-61(69)64-50-44-40-35-24-20-16-12-8-4/h59,62,67H,5-58H2,1-4H3,(H,63,68)(H,64,69). The molecule has 0 aromatic rings. The van der Waals surface area contributed by atoms with Crippen molar-refractivity contribution in [2.24, 2.45) is 0 Å². The average molecular weight is 977 g/mol. The van der Waals surface area contributed by atoms with E-state index in [1.807, 2.05) is 0 Å². The number of amides is 2. The number of rotatable bonds is 59. The topological polar surface area (TPSA) is 96.9 Å². The van der Waals surface area contributed by atoms with E-state index in [-0.39, 0.29) is 18.4 Å². The number of hydrogen-bond donors (Lipinski definition) is 4. The van der Waals surface area contributed by atoms with Gasteiger partial charge < -0.3 is 26.0 Å². The van der Waals surface area contributed by atoms with Gasteiger partial charge in [0, 0.05) is 26.2 Å². The van der Waals surface area contributed by atoms with Crippen molar-refractivity contribution in [2.75, 3.05) is 65.4 Å². The molecule has 0 aliphatic heterocycles. The molecule has 0 aliphatic rings. The Morgan fingerprint density at radius 1 is 0.348 bits per heavy atom. The summed E-state index contributed by atoms with van der Waals surface area (Å²) in [5.41, 5.74) is 0. The maximum atomic E-state index is 13.2. The van der Waals surface area contributed by atoms with Crippen LogP contribution in [0.25, 0.3) is 0 Å². The van der Waals surface area contributed by atoms with Crippen molar-refractivity contribution in [1.29, 1.82) is 0 Å². The van der Waals surface area contributed by atoms with Gasteiger partial charge in [0.15, 0.2) is 0 Å². The normalized spacial score (nSPS) is 12.2. The van der Waals surface area contributed by atoms with Gasteiger partial charge in [0.1, 0.15) is 0 Å². The molecular weight excluding hydrogens is 851 g/mol. The third-order valence-electron chi connectivity index (χ3n) is 14.6. The highest BCUT2D eigenvalue weighted by Gasteiger charge is 2.15. The van der Waals surface area contributed by atoms with E-state index in [9.17, 15) is 14.7 Å². The second-order valence-electron chi connectivity index (χ2n) is 21.7. The summed E-state index contributed by atoms with van der Waals surface area (Å²) < 4.78 is 0. The van der Waals surface area contributed by atoms with Crippen LogP contribution in [0.1, 0.15) is 310 Å². The molecule has 0 heterocycles. The minimum Gasteiger partial charge on any atom is -0.390 e. The van der Waals surface area contributed by atoms with Crippen LogP contribution in [-0.2, 0) is 9.59 Å². The summed E-state index contributed by atoms with van der Waals surface area (Å²) in [4.78, 5) is 30.6. The smallest absolute Gasteiger partial charge is 0.234 e. The predicted octanol–water partition coefficient (Wildman–Crippen LogP) is 16.0. The molecule has 2 amide bonds. The Morgan fingerprint density at radius 3 is 0.942 bits per heavy atom. The molecule has 4 N–H and O–H groups in total. The zero-order chi connectivity index (χ0) is 50.2. The van der Waals surface area contributed by atoms with Gasteiger partial charge in [-0.15, -0.1) is 0 Å². The van der Waals surface area contributed by atoms with Gasteiger partial charge in [0.05, 0.1) is 19.2 Å². The minimum absolute atomic E-state index is 0.0290. The summed E-state index contributed by atoms with van der Waals surface area (Å²) in [7, 11) is 0. The molecule has 8 nitrogen and oxygen atoms in total. The molecule has 1 atom stereocenters. The number of hydrogen-bond acceptors (Lipinski definition) is 6. The summed E-state index contributed by atoms with van der Waals surface area (Å²) in [5.74, 6) is 0.218. The third kappa shape index (κ3) is 54.4. The highest BCUT2D eigenvalue weighted by molar-refractivity contribution is 5.78. The molecule has 0 rings (SSSR count). The van der Waals surface area contributed by atoms with Gasteiger partial charge in [-0.1, -0.05) is 272 Å². The fourth-order valence-corrected chi connectivity index (χ4v) is 9.95. The molecule has 0 aliphatic carbocycles. The summed E-state index contributed by atoms with van der Waals surface area (Å²) >= 11 is 0. The van der Waals surface area contributed by atoms with Crippen LogP contribution in [0.2, 0.25) is 0 Å². The highest BCUT2D eigenvalue weighted by Crippen LogP contribution is 2.15. The van der Waals surface area contributed by atoms with Crippen molar-refractivity contribution in [1.82, 2.24) is 25.8 Å². The van der Waals surface area contributed by atoms with Crippen molar-refractivity contribution in [3.63, 3.8) is 0 Å². The Balaban J connectivity index is 4.94. The van der Waals surface area contributed by atoms with Crippen molar-refractivity contribution < 1.29 is 14.7 Å². The quantitative estimate of drug-likeness (QED) is 0.0454. The third-order valence-corrected chi connectivity index (χ3v) is 14.6. The van der Waals surface area contributed by atoms with Gasteiger partial charge in [-0.2, -0.15) is 0 Å². The van der Waals surface area contributed by atoms with Crippen LogP contribution in [0.15, 0.2) is 0 Å². The fraction of sp³-hybridized carbons (Fsp3) is 0.967. The number of aliphatic hydroxyl groups is 1. The molecule has 0 spiro atoms. The Bertz CT molecular complexity index is 1020. The predicted molar refractivity (Wildman–Crippen MR) is 304 cm³/mol. The van der Waals surface area contributed by atoms with Crippen LogP contribution < -0.4 is 16.0 Å². The minimum atomic E-state index is -0.510. The van der Waals surface area contributed by atoms with Crippen molar-refractivity contribution in [3.05, 3.63) is 0 Å². The first kappa shape index (κ1) is 67.8. The number of nitrogens with one attached hydrogen (secondary N) is 3. The zero-order valence-corrected chi connectivity index (χ0v) is 47.4. The molecule has 0 aromatic carbocycles. The Kier molecular flexibility index (Phi) is 56.7. The van der Waals surface area contributed by atoms with Gasteiger partial charge in [0.2, 0.25) is 11.8 Å². The maximum Gasteiger partial charge on any atom is 0.234 e. The lowest BCUT2D eigenvalue weighted by atomic mass is 10.1. The highest BCUT2D eigenvalue weighted by atomic mass is 16.3. The molecular formula is C61H125N5O3. The lowest BCUT2D eigenvalue weighted by Crippen LogP contribution is -2.42. The number of carbonyl (C=O) groups is 2. The van der Waals surface area contributed by atoms with Crippen LogP contribution in [-0.4, -0.2) is 98.3 Å². The van der Waals surface area contributed by atoms with Crippen molar-refractivity contribution in [3.8, 4) is 0 Å². The first-order chi connectivity index (χ1) is 34.0.